The highest BCUT2D eigenvalue weighted by molar-refractivity contribution is 5.55. The maximum Gasteiger partial charge on any atom is 0.124 e. The molecule has 4 N–H and O–H groups in total. The number of hydrogen-bond acceptors (Lipinski definition) is 3. The van der Waals surface area contributed by atoms with Gasteiger partial charge in [-0.25, -0.2) is 0 Å². The van der Waals surface area contributed by atoms with Crippen molar-refractivity contribution < 1.29 is 4.74 Å². The molecule has 0 aromatic heterocycles. The summed E-state index contributed by atoms with van der Waals surface area (Å²) in [6.07, 6.45) is 0.871. The predicted molar refractivity (Wildman–Crippen MR) is 52.6 cm³/mol. The van der Waals surface area contributed by atoms with Crippen LogP contribution in [0.1, 0.15) is 23.6 Å². The van der Waals surface area contributed by atoms with Gasteiger partial charge < -0.3 is 16.2 Å². The first kappa shape index (κ1) is 8.38. The highest BCUT2D eigenvalue weighted by Crippen LogP contribution is 2.33. The van der Waals surface area contributed by atoms with Crippen molar-refractivity contribution in [3.8, 4) is 5.75 Å². The number of nitrogens with two attached hydrogens (primary N) is 2. The number of anilines is 1. The Morgan fingerprint density at radius 2 is 2.23 bits per heavy atom. The second kappa shape index (κ2) is 2.92. The van der Waals surface area contributed by atoms with Gasteiger partial charge in [-0.3, -0.25) is 0 Å². The molecule has 1 aliphatic heterocycles. The fourth-order valence-electron chi connectivity index (χ4n) is 1.58. The molecule has 1 aromatic rings. The summed E-state index contributed by atoms with van der Waals surface area (Å²) in [6.45, 7) is 2.68. The minimum Gasteiger partial charge on any atom is -0.493 e. The molecular formula is C10H14N2O. The van der Waals surface area contributed by atoms with Gasteiger partial charge in [-0.15, -0.1) is 0 Å². The van der Waals surface area contributed by atoms with Crippen LogP contribution in [0, 0.1) is 6.92 Å². The molecular weight excluding hydrogens is 164 g/mol. The highest BCUT2D eigenvalue weighted by atomic mass is 16.5. The molecule has 2 rings (SSSR count). The Morgan fingerprint density at radius 3 is 3.00 bits per heavy atom. The Balaban J connectivity index is 2.52. The lowest BCUT2D eigenvalue weighted by atomic mass is 9.99. The van der Waals surface area contributed by atoms with E-state index in [0.29, 0.717) is 6.61 Å². The van der Waals surface area contributed by atoms with Crippen molar-refractivity contribution in [2.75, 3.05) is 12.3 Å². The van der Waals surface area contributed by atoms with Gasteiger partial charge in [0.25, 0.3) is 0 Å². The normalized spacial score (nSPS) is 20.6. The van der Waals surface area contributed by atoms with Gasteiger partial charge in [0.1, 0.15) is 5.75 Å². The fourth-order valence-corrected chi connectivity index (χ4v) is 1.58. The maximum atomic E-state index is 5.93. The van der Waals surface area contributed by atoms with Crippen molar-refractivity contribution in [2.45, 2.75) is 19.4 Å². The van der Waals surface area contributed by atoms with E-state index in [1.54, 1.807) is 0 Å². The van der Waals surface area contributed by atoms with Crippen LogP contribution in [0.25, 0.3) is 0 Å². The van der Waals surface area contributed by atoms with Gasteiger partial charge in [-0.1, -0.05) is 0 Å². The molecule has 1 atom stereocenters. The summed E-state index contributed by atoms with van der Waals surface area (Å²) < 4.78 is 5.49. The van der Waals surface area contributed by atoms with E-state index in [-0.39, 0.29) is 6.04 Å². The molecule has 0 radical (unpaired) electrons. The van der Waals surface area contributed by atoms with E-state index in [0.717, 1.165) is 29.0 Å². The quantitative estimate of drug-likeness (QED) is 0.590. The van der Waals surface area contributed by atoms with Gasteiger partial charge in [0.2, 0.25) is 0 Å². The smallest absolute Gasteiger partial charge is 0.124 e. The molecule has 3 heteroatoms. The molecule has 3 nitrogen and oxygen atoms in total. The first-order chi connectivity index (χ1) is 6.18. The van der Waals surface area contributed by atoms with Gasteiger partial charge in [-0.2, -0.15) is 0 Å². The number of nitrogen functional groups attached to an aromatic ring is 1. The van der Waals surface area contributed by atoms with E-state index in [9.17, 15) is 0 Å². The van der Waals surface area contributed by atoms with Crippen molar-refractivity contribution in [2.24, 2.45) is 5.73 Å². The Kier molecular flexibility index (Phi) is 1.88. The van der Waals surface area contributed by atoms with E-state index in [1.165, 1.54) is 0 Å². The van der Waals surface area contributed by atoms with Gasteiger partial charge in [0.15, 0.2) is 0 Å². The van der Waals surface area contributed by atoms with E-state index in [1.807, 2.05) is 19.1 Å². The zero-order valence-corrected chi connectivity index (χ0v) is 7.71. The van der Waals surface area contributed by atoms with Gasteiger partial charge in [0.05, 0.1) is 6.61 Å². The molecule has 0 saturated carbocycles. The summed E-state index contributed by atoms with van der Waals surface area (Å²) in [6, 6.07) is 3.96. The zero-order chi connectivity index (χ0) is 9.42. The Morgan fingerprint density at radius 1 is 1.46 bits per heavy atom. The molecule has 0 bridgehead atoms. The fraction of sp³-hybridized carbons (Fsp3) is 0.400. The topological polar surface area (TPSA) is 61.3 Å². The van der Waals surface area contributed by atoms with Crippen molar-refractivity contribution >= 4 is 5.69 Å². The van der Waals surface area contributed by atoms with Crippen LogP contribution in [0.4, 0.5) is 5.69 Å². The first-order valence-electron chi connectivity index (χ1n) is 4.47. The van der Waals surface area contributed by atoms with Crippen LogP contribution in [0.15, 0.2) is 12.1 Å². The molecule has 0 aliphatic carbocycles. The van der Waals surface area contributed by atoms with E-state index < -0.39 is 0 Å². The van der Waals surface area contributed by atoms with E-state index in [4.69, 9.17) is 16.2 Å². The average Bonchev–Trinajstić information content (AvgIpc) is 2.09. The molecule has 1 heterocycles. The average molecular weight is 178 g/mol. The molecule has 1 aliphatic rings. The highest BCUT2D eigenvalue weighted by Gasteiger charge is 2.18. The van der Waals surface area contributed by atoms with Crippen LogP contribution in [-0.2, 0) is 0 Å². The molecule has 1 aromatic carbocycles. The summed E-state index contributed by atoms with van der Waals surface area (Å²) in [5, 5.41) is 0. The van der Waals surface area contributed by atoms with Crippen LogP contribution in [0.2, 0.25) is 0 Å². The third-order valence-electron chi connectivity index (χ3n) is 2.48. The first-order valence-corrected chi connectivity index (χ1v) is 4.47. The van der Waals surface area contributed by atoms with Gasteiger partial charge in [-0.05, 0) is 24.6 Å². The molecule has 0 amide bonds. The number of hydrogen-bond donors (Lipinski definition) is 2. The summed E-state index contributed by atoms with van der Waals surface area (Å²) in [4.78, 5) is 0. The maximum absolute atomic E-state index is 5.93. The predicted octanol–water partition coefficient (Wildman–Crippen LogP) is 1.36. The molecule has 70 valence electrons. The molecule has 0 spiro atoms. The van der Waals surface area contributed by atoms with E-state index >= 15 is 0 Å². The lowest BCUT2D eigenvalue weighted by Crippen LogP contribution is -2.20. The van der Waals surface area contributed by atoms with Crippen molar-refractivity contribution in [1.82, 2.24) is 0 Å². The largest absolute Gasteiger partial charge is 0.493 e. The van der Waals surface area contributed by atoms with E-state index in [2.05, 4.69) is 0 Å². The van der Waals surface area contributed by atoms with Crippen LogP contribution < -0.4 is 16.2 Å². The summed E-state index contributed by atoms with van der Waals surface area (Å²) in [5.74, 6) is 0.894. The second-order valence-electron chi connectivity index (χ2n) is 3.49. The number of aryl methyl sites for hydroxylation is 1. The van der Waals surface area contributed by atoms with Gasteiger partial charge >= 0.3 is 0 Å². The second-order valence-corrected chi connectivity index (χ2v) is 3.49. The summed E-state index contributed by atoms with van der Waals surface area (Å²) >= 11 is 0. The monoisotopic (exact) mass is 178 g/mol. The third kappa shape index (κ3) is 1.35. The number of ether oxygens (including phenoxy) is 1. The SMILES string of the molecule is Cc1cc2c(cc1N)[C@@H](N)CCO2. The standard InChI is InChI=1S/C10H14N2O/c1-6-4-10-7(5-9(6)12)8(11)2-3-13-10/h4-5,8H,2-3,11-12H2,1H3/t8-/m0/s1. The lowest BCUT2D eigenvalue weighted by molar-refractivity contribution is 0.269. The molecule has 0 saturated heterocycles. The Labute approximate surface area is 77.7 Å². The zero-order valence-electron chi connectivity index (χ0n) is 7.71. The number of rotatable bonds is 0. The van der Waals surface area contributed by atoms with Crippen LogP contribution in [0.3, 0.4) is 0 Å². The van der Waals surface area contributed by atoms with Crippen molar-refractivity contribution in [3.05, 3.63) is 23.3 Å². The minimum absolute atomic E-state index is 0.0756. The third-order valence-corrected chi connectivity index (χ3v) is 2.48. The van der Waals surface area contributed by atoms with Crippen molar-refractivity contribution in [3.63, 3.8) is 0 Å². The van der Waals surface area contributed by atoms with Crippen molar-refractivity contribution in [1.29, 1.82) is 0 Å². The number of benzene rings is 1. The lowest BCUT2D eigenvalue weighted by Gasteiger charge is -2.23. The van der Waals surface area contributed by atoms with Crippen LogP contribution in [-0.4, -0.2) is 6.61 Å². The molecule has 13 heavy (non-hydrogen) atoms. The molecule has 0 fully saturated rings. The van der Waals surface area contributed by atoms with Crippen LogP contribution in [0.5, 0.6) is 5.75 Å². The number of fused-ring (bicyclic) bond motifs is 1. The molecule has 0 unspecified atom stereocenters. The Hall–Kier alpha value is -1.22. The van der Waals surface area contributed by atoms with Crippen LogP contribution >= 0.6 is 0 Å². The Bertz CT molecular complexity index is 336. The van der Waals surface area contributed by atoms with Gasteiger partial charge in [0, 0.05) is 23.7 Å². The summed E-state index contributed by atoms with van der Waals surface area (Å²) in [7, 11) is 0. The minimum atomic E-state index is 0.0756. The summed E-state index contributed by atoms with van der Waals surface area (Å²) in [5.41, 5.74) is 14.6.